The second-order valence-corrected chi connectivity index (χ2v) is 6.60. The van der Waals surface area contributed by atoms with E-state index in [1.165, 1.54) is 10.7 Å². The first kappa shape index (κ1) is 18.0. The minimum Gasteiger partial charge on any atom is -0.379 e. The number of morpholine rings is 1. The highest BCUT2D eigenvalue weighted by Crippen LogP contribution is 2.21. The van der Waals surface area contributed by atoms with E-state index in [2.05, 4.69) is 15.0 Å². The van der Waals surface area contributed by atoms with E-state index in [1.54, 1.807) is 6.07 Å². The third-order valence-corrected chi connectivity index (χ3v) is 4.60. The van der Waals surface area contributed by atoms with Crippen molar-refractivity contribution >= 4 is 23.0 Å². The minimum atomic E-state index is -0.939. The first-order chi connectivity index (χ1) is 13.0. The molecule has 0 aliphatic carbocycles. The summed E-state index contributed by atoms with van der Waals surface area (Å²) in [6.07, 6.45) is 1.33. The molecule has 1 aromatic carbocycles. The van der Waals surface area contributed by atoms with Crippen molar-refractivity contribution in [3.63, 3.8) is 0 Å². The molecule has 2 aromatic heterocycles. The summed E-state index contributed by atoms with van der Waals surface area (Å²) < 4.78 is 33.8. The summed E-state index contributed by atoms with van der Waals surface area (Å²) in [4.78, 5) is 19.2. The molecule has 1 aliphatic heterocycles. The maximum atomic E-state index is 14.0. The van der Waals surface area contributed by atoms with Crippen molar-refractivity contribution < 1.29 is 18.3 Å². The first-order valence-corrected chi connectivity index (χ1v) is 8.74. The van der Waals surface area contributed by atoms with E-state index in [9.17, 15) is 13.6 Å². The Morgan fingerprint density at radius 2 is 2.00 bits per heavy atom. The molecule has 0 bridgehead atoms. The third-order valence-electron chi connectivity index (χ3n) is 4.42. The zero-order valence-corrected chi connectivity index (χ0v) is 14.9. The molecule has 0 amide bonds. The van der Waals surface area contributed by atoms with Crippen LogP contribution in [0.5, 0.6) is 0 Å². The van der Waals surface area contributed by atoms with Gasteiger partial charge in [0, 0.05) is 31.3 Å². The largest absolute Gasteiger partial charge is 0.379 e. The number of aromatic nitrogens is 3. The molecule has 4 rings (SSSR count). The fourth-order valence-electron chi connectivity index (χ4n) is 3.08. The van der Waals surface area contributed by atoms with Crippen molar-refractivity contribution in [2.24, 2.45) is 0 Å². The van der Waals surface area contributed by atoms with Crippen LogP contribution < -0.4 is 0 Å². The van der Waals surface area contributed by atoms with E-state index < -0.39 is 17.4 Å². The number of carbonyl (C=O) groups excluding carboxylic acids is 1. The van der Waals surface area contributed by atoms with Gasteiger partial charge in [0.15, 0.2) is 10.8 Å². The number of ether oxygens (including phenoxy) is 1. The molecule has 1 fully saturated rings. The van der Waals surface area contributed by atoms with Gasteiger partial charge in [-0.1, -0.05) is 11.6 Å². The average molecular weight is 393 g/mol. The van der Waals surface area contributed by atoms with Crippen LogP contribution in [-0.2, 0) is 11.3 Å². The van der Waals surface area contributed by atoms with Crippen LogP contribution in [0.2, 0.25) is 5.15 Å². The van der Waals surface area contributed by atoms with E-state index in [4.69, 9.17) is 16.3 Å². The highest BCUT2D eigenvalue weighted by molar-refractivity contribution is 6.29. The van der Waals surface area contributed by atoms with Crippen molar-refractivity contribution in [3.05, 3.63) is 64.1 Å². The number of imidazole rings is 1. The summed E-state index contributed by atoms with van der Waals surface area (Å²) >= 11 is 6.14. The van der Waals surface area contributed by atoms with E-state index in [0.29, 0.717) is 31.5 Å². The van der Waals surface area contributed by atoms with Gasteiger partial charge in [-0.05, 0) is 18.2 Å². The number of fused-ring (bicyclic) bond motifs is 1. The molecule has 0 unspecified atom stereocenters. The number of benzene rings is 1. The van der Waals surface area contributed by atoms with Crippen LogP contribution in [0.4, 0.5) is 8.78 Å². The maximum Gasteiger partial charge on any atom is 0.216 e. The molecule has 0 N–H and O–H groups in total. The molecule has 3 aromatic rings. The van der Waals surface area contributed by atoms with Crippen molar-refractivity contribution in [1.82, 2.24) is 19.5 Å². The van der Waals surface area contributed by atoms with Crippen LogP contribution in [-0.4, -0.2) is 51.6 Å². The minimum absolute atomic E-state index is 0.0567. The van der Waals surface area contributed by atoms with Crippen LogP contribution in [0.1, 0.15) is 21.6 Å². The van der Waals surface area contributed by atoms with Gasteiger partial charge in [0.1, 0.15) is 17.3 Å². The average Bonchev–Trinajstić information content (AvgIpc) is 3.06. The lowest BCUT2D eigenvalue weighted by molar-refractivity contribution is 0.0343. The molecule has 1 aliphatic rings. The van der Waals surface area contributed by atoms with Gasteiger partial charge in [0.25, 0.3) is 0 Å². The Morgan fingerprint density at radius 1 is 1.22 bits per heavy atom. The number of hydrogen-bond donors (Lipinski definition) is 0. The van der Waals surface area contributed by atoms with Crippen LogP contribution in [0.3, 0.4) is 0 Å². The summed E-state index contributed by atoms with van der Waals surface area (Å²) in [6, 6.07) is 4.50. The summed E-state index contributed by atoms with van der Waals surface area (Å²) in [5.74, 6) is -2.34. The summed E-state index contributed by atoms with van der Waals surface area (Å²) in [5.41, 5.74) is 1.07. The lowest BCUT2D eigenvalue weighted by Gasteiger charge is -2.26. The zero-order valence-electron chi connectivity index (χ0n) is 14.2. The Labute approximate surface area is 158 Å². The quantitative estimate of drug-likeness (QED) is 0.639. The van der Waals surface area contributed by atoms with Gasteiger partial charge >= 0.3 is 0 Å². The Hall–Kier alpha value is -2.42. The first-order valence-electron chi connectivity index (χ1n) is 8.36. The van der Waals surface area contributed by atoms with Crippen molar-refractivity contribution in [1.29, 1.82) is 0 Å². The normalized spacial score (nSPS) is 15.4. The van der Waals surface area contributed by atoms with Gasteiger partial charge in [-0.3, -0.25) is 9.69 Å². The van der Waals surface area contributed by atoms with Gasteiger partial charge in [-0.15, -0.1) is 0 Å². The molecule has 1 saturated heterocycles. The maximum absolute atomic E-state index is 14.0. The SMILES string of the molecule is O=C(c1ccc(F)cc1F)c1cnc2c(CN3CCOCC3)cc(Cl)nn12. The molecule has 140 valence electrons. The van der Waals surface area contributed by atoms with Crippen LogP contribution in [0, 0.1) is 11.6 Å². The smallest absolute Gasteiger partial charge is 0.216 e. The van der Waals surface area contributed by atoms with E-state index in [-0.39, 0.29) is 16.4 Å². The number of halogens is 3. The molecule has 0 radical (unpaired) electrons. The molecular weight excluding hydrogens is 378 g/mol. The zero-order chi connectivity index (χ0) is 19.0. The Morgan fingerprint density at radius 3 is 2.74 bits per heavy atom. The highest BCUT2D eigenvalue weighted by Gasteiger charge is 2.22. The standard InChI is InChI=1S/C18H15ClF2N4O2/c19-16-7-11(10-24-3-5-27-6-4-24)18-22-9-15(25(18)23-16)17(26)13-2-1-12(20)8-14(13)21/h1-2,7-9H,3-6,10H2. The second-order valence-electron chi connectivity index (χ2n) is 6.21. The van der Waals surface area contributed by atoms with Crippen LogP contribution in [0.15, 0.2) is 30.5 Å². The predicted molar refractivity (Wildman–Crippen MR) is 93.9 cm³/mol. The summed E-state index contributed by atoms with van der Waals surface area (Å²) in [5, 5.41) is 4.33. The topological polar surface area (TPSA) is 59.7 Å². The van der Waals surface area contributed by atoms with E-state index in [0.717, 1.165) is 30.8 Å². The van der Waals surface area contributed by atoms with Crippen LogP contribution >= 0.6 is 11.6 Å². The summed E-state index contributed by atoms with van der Waals surface area (Å²) in [6.45, 7) is 3.43. The number of ketones is 1. The monoisotopic (exact) mass is 392 g/mol. The highest BCUT2D eigenvalue weighted by atomic mass is 35.5. The van der Waals surface area contributed by atoms with Crippen molar-refractivity contribution in [2.75, 3.05) is 26.3 Å². The number of carbonyl (C=O) groups is 1. The van der Waals surface area contributed by atoms with Gasteiger partial charge < -0.3 is 4.74 Å². The van der Waals surface area contributed by atoms with E-state index >= 15 is 0 Å². The van der Waals surface area contributed by atoms with Gasteiger partial charge in [0.2, 0.25) is 5.78 Å². The fraction of sp³-hybridized carbons (Fsp3) is 0.278. The number of nitrogens with zero attached hydrogens (tertiary/aromatic N) is 4. The van der Waals surface area contributed by atoms with Gasteiger partial charge in [-0.25, -0.2) is 18.3 Å². The Balaban J connectivity index is 1.73. The molecule has 0 spiro atoms. The Bertz CT molecular complexity index is 1020. The molecule has 3 heterocycles. The number of hydrogen-bond acceptors (Lipinski definition) is 5. The number of rotatable bonds is 4. The molecular formula is C18H15ClF2N4O2. The van der Waals surface area contributed by atoms with E-state index in [1.807, 2.05) is 0 Å². The molecule has 0 saturated carbocycles. The molecule has 6 nitrogen and oxygen atoms in total. The Kier molecular flexibility index (Phi) is 4.86. The van der Waals surface area contributed by atoms with Crippen LogP contribution in [0.25, 0.3) is 5.65 Å². The predicted octanol–water partition coefficient (Wildman–Crippen LogP) is 2.72. The van der Waals surface area contributed by atoms with Crippen molar-refractivity contribution in [3.8, 4) is 0 Å². The fourth-order valence-corrected chi connectivity index (χ4v) is 3.29. The lowest BCUT2D eigenvalue weighted by atomic mass is 10.1. The van der Waals surface area contributed by atoms with Gasteiger partial charge in [-0.2, -0.15) is 5.10 Å². The second kappa shape index (κ2) is 7.30. The molecule has 9 heteroatoms. The molecule has 0 atom stereocenters. The summed E-state index contributed by atoms with van der Waals surface area (Å²) in [7, 11) is 0. The van der Waals surface area contributed by atoms with Crippen molar-refractivity contribution in [2.45, 2.75) is 6.54 Å². The molecule has 27 heavy (non-hydrogen) atoms. The van der Waals surface area contributed by atoms with Gasteiger partial charge in [0.05, 0.1) is 25.0 Å². The lowest BCUT2D eigenvalue weighted by Crippen LogP contribution is -2.35. The third kappa shape index (κ3) is 3.55.